The zero-order valence-electron chi connectivity index (χ0n) is 12.7. The zero-order chi connectivity index (χ0) is 16.5. The molecular formula is C17H14FN5O. The molecule has 1 aromatic carbocycles. The summed E-state index contributed by atoms with van der Waals surface area (Å²) in [5.41, 5.74) is 1.94. The molecular weight excluding hydrogens is 309 g/mol. The number of imidazole rings is 1. The minimum Gasteiger partial charge on any atom is -0.342 e. The van der Waals surface area contributed by atoms with E-state index in [1.807, 2.05) is 0 Å². The molecule has 0 amide bonds. The number of hydrogen-bond donors (Lipinski definition) is 1. The van der Waals surface area contributed by atoms with Gasteiger partial charge in [0, 0.05) is 19.2 Å². The summed E-state index contributed by atoms with van der Waals surface area (Å²) in [7, 11) is 0. The van der Waals surface area contributed by atoms with Gasteiger partial charge in [0.15, 0.2) is 0 Å². The smallest absolute Gasteiger partial charge is 0.261 e. The number of aromatic amines is 1. The van der Waals surface area contributed by atoms with Crippen molar-refractivity contribution >= 4 is 21.9 Å². The Labute approximate surface area is 136 Å². The topological polar surface area (TPSA) is 76.5 Å². The normalized spacial score (nSPS) is 11.4. The van der Waals surface area contributed by atoms with Gasteiger partial charge in [0.25, 0.3) is 5.56 Å². The maximum Gasteiger partial charge on any atom is 0.261 e. The second-order valence-corrected chi connectivity index (χ2v) is 5.58. The third-order valence-corrected chi connectivity index (χ3v) is 3.93. The number of aromatic nitrogens is 5. The first-order valence-electron chi connectivity index (χ1n) is 7.64. The van der Waals surface area contributed by atoms with Gasteiger partial charge in [-0.2, -0.15) is 0 Å². The molecule has 3 heterocycles. The number of H-pyrrole nitrogens is 1. The number of nitrogens with one attached hydrogen (secondary N) is 1. The zero-order valence-corrected chi connectivity index (χ0v) is 12.7. The average molecular weight is 323 g/mol. The molecule has 0 atom stereocenters. The van der Waals surface area contributed by atoms with Crippen LogP contribution in [-0.4, -0.2) is 24.5 Å². The average Bonchev–Trinajstić information content (AvgIpc) is 2.99. The summed E-state index contributed by atoms with van der Waals surface area (Å²) in [6, 6.07) is 6.14. The summed E-state index contributed by atoms with van der Waals surface area (Å²) in [5.74, 6) is 0.488. The van der Waals surface area contributed by atoms with E-state index < -0.39 is 0 Å². The minimum atomic E-state index is -0.291. The lowest BCUT2D eigenvalue weighted by Gasteiger charge is -2.05. The molecule has 0 saturated heterocycles. The molecule has 0 aliphatic rings. The van der Waals surface area contributed by atoms with E-state index in [0.29, 0.717) is 29.4 Å². The molecule has 4 aromatic rings. The predicted octanol–water partition coefficient (Wildman–Crippen LogP) is 2.44. The molecule has 0 aliphatic heterocycles. The van der Waals surface area contributed by atoms with E-state index in [2.05, 4.69) is 19.9 Å². The first-order chi connectivity index (χ1) is 11.7. The summed E-state index contributed by atoms with van der Waals surface area (Å²) in [6.07, 6.45) is 6.09. The molecule has 120 valence electrons. The number of rotatable bonds is 4. The van der Waals surface area contributed by atoms with Crippen LogP contribution in [0.1, 0.15) is 12.2 Å². The fraction of sp³-hybridized carbons (Fsp3) is 0.176. The molecule has 6 nitrogen and oxygen atoms in total. The predicted molar refractivity (Wildman–Crippen MR) is 88.2 cm³/mol. The largest absolute Gasteiger partial charge is 0.342 e. The van der Waals surface area contributed by atoms with Gasteiger partial charge in [0.2, 0.25) is 0 Å². The Bertz CT molecular complexity index is 1090. The van der Waals surface area contributed by atoms with Gasteiger partial charge in [0.05, 0.1) is 34.5 Å². The van der Waals surface area contributed by atoms with Crippen molar-refractivity contribution in [1.29, 1.82) is 0 Å². The van der Waals surface area contributed by atoms with Crippen molar-refractivity contribution in [3.8, 4) is 0 Å². The molecule has 0 unspecified atom stereocenters. The molecule has 0 spiro atoms. The van der Waals surface area contributed by atoms with Crippen molar-refractivity contribution in [2.75, 3.05) is 0 Å². The van der Waals surface area contributed by atoms with Crippen LogP contribution in [0.4, 0.5) is 4.39 Å². The number of nitrogens with zero attached hydrogens (tertiary/aromatic N) is 4. The van der Waals surface area contributed by atoms with Gasteiger partial charge in [-0.3, -0.25) is 14.3 Å². The second-order valence-electron chi connectivity index (χ2n) is 5.58. The van der Waals surface area contributed by atoms with Crippen LogP contribution >= 0.6 is 0 Å². The SMILES string of the molecule is O=c1c2ccncc2ncn1CCCc1nc2ccc(F)cc2[nH]1. The van der Waals surface area contributed by atoms with E-state index in [1.165, 1.54) is 12.1 Å². The molecule has 0 aliphatic carbocycles. The molecule has 0 saturated carbocycles. The molecule has 0 radical (unpaired) electrons. The van der Waals surface area contributed by atoms with Gasteiger partial charge in [-0.1, -0.05) is 0 Å². The highest BCUT2D eigenvalue weighted by Gasteiger charge is 2.06. The van der Waals surface area contributed by atoms with Crippen LogP contribution in [-0.2, 0) is 13.0 Å². The number of benzene rings is 1. The van der Waals surface area contributed by atoms with Crippen molar-refractivity contribution < 1.29 is 4.39 Å². The van der Waals surface area contributed by atoms with Crippen LogP contribution in [0.3, 0.4) is 0 Å². The minimum absolute atomic E-state index is 0.0749. The van der Waals surface area contributed by atoms with E-state index >= 15 is 0 Å². The summed E-state index contributed by atoms with van der Waals surface area (Å²) in [6.45, 7) is 0.537. The third kappa shape index (κ3) is 2.64. The molecule has 1 N–H and O–H groups in total. The van der Waals surface area contributed by atoms with Crippen molar-refractivity contribution in [2.24, 2.45) is 0 Å². The molecule has 3 aromatic heterocycles. The lowest BCUT2D eigenvalue weighted by Crippen LogP contribution is -2.21. The van der Waals surface area contributed by atoms with Gasteiger partial charge in [-0.15, -0.1) is 0 Å². The fourth-order valence-electron chi connectivity index (χ4n) is 2.74. The fourth-order valence-corrected chi connectivity index (χ4v) is 2.74. The van der Waals surface area contributed by atoms with Crippen molar-refractivity contribution in [2.45, 2.75) is 19.4 Å². The lowest BCUT2D eigenvalue weighted by molar-refractivity contribution is 0.609. The summed E-state index contributed by atoms with van der Waals surface area (Å²) < 4.78 is 14.8. The van der Waals surface area contributed by atoms with Crippen LogP contribution in [0, 0.1) is 5.82 Å². The van der Waals surface area contributed by atoms with E-state index in [4.69, 9.17) is 0 Å². The van der Waals surface area contributed by atoms with Gasteiger partial charge in [0.1, 0.15) is 11.6 Å². The molecule has 0 fully saturated rings. The lowest BCUT2D eigenvalue weighted by atomic mass is 10.3. The monoisotopic (exact) mass is 323 g/mol. The first kappa shape index (κ1) is 14.5. The Morgan fingerprint density at radius 3 is 3.04 bits per heavy atom. The standard InChI is InChI=1S/C17H14FN5O/c18-11-3-4-13-14(8-11)22-16(21-13)2-1-7-23-10-20-15-9-19-6-5-12(15)17(23)24/h3-6,8-10H,1-2,7H2,(H,21,22). The Morgan fingerprint density at radius 2 is 2.12 bits per heavy atom. The van der Waals surface area contributed by atoms with Crippen LogP contribution < -0.4 is 5.56 Å². The molecule has 0 bridgehead atoms. The Hall–Kier alpha value is -3.09. The highest BCUT2D eigenvalue weighted by molar-refractivity contribution is 5.76. The number of fused-ring (bicyclic) bond motifs is 2. The number of pyridine rings is 1. The van der Waals surface area contributed by atoms with E-state index in [1.54, 1.807) is 35.4 Å². The van der Waals surface area contributed by atoms with Crippen molar-refractivity contribution in [3.63, 3.8) is 0 Å². The van der Waals surface area contributed by atoms with E-state index in [-0.39, 0.29) is 11.4 Å². The van der Waals surface area contributed by atoms with E-state index in [0.717, 1.165) is 17.8 Å². The van der Waals surface area contributed by atoms with Crippen LogP contribution in [0.2, 0.25) is 0 Å². The van der Waals surface area contributed by atoms with Crippen LogP contribution in [0.25, 0.3) is 21.9 Å². The van der Waals surface area contributed by atoms with E-state index in [9.17, 15) is 9.18 Å². The van der Waals surface area contributed by atoms with Crippen LogP contribution in [0.15, 0.2) is 47.8 Å². The van der Waals surface area contributed by atoms with Gasteiger partial charge < -0.3 is 4.98 Å². The first-order valence-corrected chi connectivity index (χ1v) is 7.64. The van der Waals surface area contributed by atoms with Gasteiger partial charge in [-0.25, -0.2) is 14.4 Å². The number of hydrogen-bond acceptors (Lipinski definition) is 4. The van der Waals surface area contributed by atoms with Gasteiger partial charge >= 0.3 is 0 Å². The van der Waals surface area contributed by atoms with Crippen LogP contribution in [0.5, 0.6) is 0 Å². The number of halogens is 1. The summed E-state index contributed by atoms with van der Waals surface area (Å²) in [4.78, 5) is 28.1. The Balaban J connectivity index is 1.50. The summed E-state index contributed by atoms with van der Waals surface area (Å²) >= 11 is 0. The quantitative estimate of drug-likeness (QED) is 0.626. The molecule has 4 rings (SSSR count). The summed E-state index contributed by atoms with van der Waals surface area (Å²) in [5, 5.41) is 0.562. The van der Waals surface area contributed by atoms with Crippen molar-refractivity contribution in [1.82, 2.24) is 24.5 Å². The molecule has 7 heteroatoms. The highest BCUT2D eigenvalue weighted by atomic mass is 19.1. The highest BCUT2D eigenvalue weighted by Crippen LogP contribution is 2.14. The maximum atomic E-state index is 13.2. The molecule has 24 heavy (non-hydrogen) atoms. The number of aryl methyl sites for hydroxylation is 2. The Morgan fingerprint density at radius 1 is 1.21 bits per heavy atom. The second kappa shape index (κ2) is 5.84. The Kier molecular flexibility index (Phi) is 3.53. The van der Waals surface area contributed by atoms with Crippen molar-refractivity contribution in [3.05, 3.63) is 65.0 Å². The third-order valence-electron chi connectivity index (χ3n) is 3.93. The maximum absolute atomic E-state index is 13.2. The van der Waals surface area contributed by atoms with Gasteiger partial charge in [-0.05, 0) is 30.7 Å².